The maximum Gasteiger partial charge on any atom is 0.261 e. The van der Waals surface area contributed by atoms with Crippen molar-refractivity contribution in [1.82, 2.24) is 14.8 Å². The summed E-state index contributed by atoms with van der Waals surface area (Å²) < 4.78 is 0. The fraction of sp³-hybridized carbons (Fsp3) is 0.364. The Bertz CT molecular complexity index is 1600. The molecule has 6 rings (SSSR count). The second kappa shape index (κ2) is 12.7. The fourth-order valence-corrected chi connectivity index (χ4v) is 6.38. The van der Waals surface area contributed by atoms with E-state index in [9.17, 15) is 14.7 Å². The van der Waals surface area contributed by atoms with Gasteiger partial charge in [0.15, 0.2) is 0 Å². The van der Waals surface area contributed by atoms with Crippen LogP contribution in [0.25, 0.3) is 21.7 Å². The molecule has 9 heteroatoms. The van der Waals surface area contributed by atoms with Crippen molar-refractivity contribution in [1.29, 1.82) is 0 Å². The molecule has 218 valence electrons. The number of benzene rings is 3. The molecule has 3 heterocycles. The summed E-state index contributed by atoms with van der Waals surface area (Å²) in [7, 11) is 0. The molecule has 3 aromatic carbocycles. The Morgan fingerprint density at radius 3 is 2.43 bits per heavy atom. The molecule has 1 aromatic heterocycles. The van der Waals surface area contributed by atoms with Crippen LogP contribution in [0.5, 0.6) is 0 Å². The maximum absolute atomic E-state index is 13.5. The second-order valence-electron chi connectivity index (χ2n) is 11.0. The highest BCUT2D eigenvalue weighted by molar-refractivity contribution is 6.31. The molecule has 2 N–H and O–H groups in total. The Balaban J connectivity index is 1.04. The van der Waals surface area contributed by atoms with E-state index in [1.807, 2.05) is 54.6 Å². The van der Waals surface area contributed by atoms with Crippen molar-refractivity contribution in [3.05, 3.63) is 76.9 Å². The zero-order valence-corrected chi connectivity index (χ0v) is 24.4. The van der Waals surface area contributed by atoms with E-state index in [2.05, 4.69) is 20.1 Å². The van der Waals surface area contributed by atoms with Crippen LogP contribution in [0.15, 0.2) is 60.8 Å². The Morgan fingerprint density at radius 1 is 0.833 bits per heavy atom. The summed E-state index contributed by atoms with van der Waals surface area (Å²) in [5.41, 5.74) is 4.19. The van der Waals surface area contributed by atoms with E-state index in [1.54, 1.807) is 6.20 Å². The number of aliphatic hydroxyl groups is 1. The lowest BCUT2D eigenvalue weighted by Gasteiger charge is -2.37. The molecule has 1 saturated heterocycles. The Hall–Kier alpha value is -3.72. The quantitative estimate of drug-likeness (QED) is 0.179. The van der Waals surface area contributed by atoms with E-state index in [0.29, 0.717) is 29.2 Å². The summed E-state index contributed by atoms with van der Waals surface area (Å²) in [6, 6.07) is 17.4. The largest absolute Gasteiger partial charge is 0.395 e. The number of pyridine rings is 1. The number of hydrogen-bond donors (Lipinski definition) is 2. The van der Waals surface area contributed by atoms with Crippen molar-refractivity contribution in [3.8, 4) is 0 Å². The molecule has 0 atom stereocenters. The number of hydrogen-bond acceptors (Lipinski definition) is 7. The van der Waals surface area contributed by atoms with Crippen LogP contribution in [-0.2, 0) is 0 Å². The lowest BCUT2D eigenvalue weighted by atomic mass is 9.92. The molecular formula is C33H36ClN5O3. The number of fused-ring (bicyclic) bond motifs is 1. The van der Waals surface area contributed by atoms with Crippen LogP contribution in [0.3, 0.4) is 0 Å². The van der Waals surface area contributed by atoms with Crippen molar-refractivity contribution in [2.45, 2.75) is 25.7 Å². The number of imide groups is 1. The number of carbonyl (C=O) groups excluding carboxylic acids is 2. The molecule has 8 nitrogen and oxygen atoms in total. The number of rotatable bonds is 11. The van der Waals surface area contributed by atoms with Gasteiger partial charge in [-0.2, -0.15) is 0 Å². The van der Waals surface area contributed by atoms with E-state index in [1.165, 1.54) is 4.90 Å². The normalized spacial score (nSPS) is 15.7. The zero-order chi connectivity index (χ0) is 29.1. The SMILES string of the molecule is O=C1c2cccc3c(N4CCN(CCO)CC4)ccc(c23)C(=O)N1CCCCCCNc1ccnc2cc(Cl)ccc12. The minimum atomic E-state index is -0.200. The van der Waals surface area contributed by atoms with E-state index >= 15 is 0 Å². The molecule has 0 aliphatic carbocycles. The smallest absolute Gasteiger partial charge is 0.261 e. The van der Waals surface area contributed by atoms with Crippen LogP contribution in [0.2, 0.25) is 5.02 Å². The predicted octanol–water partition coefficient (Wildman–Crippen LogP) is 5.42. The summed E-state index contributed by atoms with van der Waals surface area (Å²) in [4.78, 5) is 37.4. The number of piperazine rings is 1. The number of nitrogens with zero attached hydrogens (tertiary/aromatic N) is 4. The molecule has 2 amide bonds. The summed E-state index contributed by atoms with van der Waals surface area (Å²) in [6.45, 7) is 5.54. The van der Waals surface area contributed by atoms with E-state index in [-0.39, 0.29) is 18.4 Å². The summed E-state index contributed by atoms with van der Waals surface area (Å²) in [5.74, 6) is -0.399. The highest BCUT2D eigenvalue weighted by atomic mass is 35.5. The van der Waals surface area contributed by atoms with E-state index < -0.39 is 0 Å². The van der Waals surface area contributed by atoms with Gasteiger partial charge >= 0.3 is 0 Å². The first-order valence-electron chi connectivity index (χ1n) is 14.8. The number of aliphatic hydroxyl groups excluding tert-OH is 1. The predicted molar refractivity (Wildman–Crippen MR) is 169 cm³/mol. The number of unbranched alkanes of at least 4 members (excludes halogenated alkanes) is 3. The molecule has 0 spiro atoms. The maximum atomic E-state index is 13.5. The lowest BCUT2D eigenvalue weighted by molar-refractivity contribution is 0.0607. The van der Waals surface area contributed by atoms with Crippen LogP contribution < -0.4 is 10.2 Å². The number of aromatic nitrogens is 1. The van der Waals surface area contributed by atoms with Gasteiger partial charge in [-0.1, -0.05) is 36.6 Å². The number of β-amino-alcohol motifs (C(OH)–C–C–N with tert-alkyl or cyclic N) is 1. The molecule has 0 unspecified atom stereocenters. The van der Waals surface area contributed by atoms with E-state index in [0.717, 1.165) is 91.5 Å². The molecule has 2 aliphatic heterocycles. The molecule has 1 fully saturated rings. The second-order valence-corrected chi connectivity index (χ2v) is 11.5. The van der Waals surface area contributed by atoms with Crippen molar-refractivity contribution in [3.63, 3.8) is 0 Å². The van der Waals surface area contributed by atoms with Crippen molar-refractivity contribution in [2.75, 3.05) is 62.6 Å². The van der Waals surface area contributed by atoms with Crippen LogP contribution >= 0.6 is 11.6 Å². The van der Waals surface area contributed by atoms with Crippen LogP contribution in [-0.4, -0.2) is 84.1 Å². The Kier molecular flexibility index (Phi) is 8.55. The molecule has 4 aromatic rings. The van der Waals surface area contributed by atoms with Gasteiger partial charge in [-0.15, -0.1) is 0 Å². The third-order valence-corrected chi connectivity index (χ3v) is 8.66. The Morgan fingerprint density at radius 2 is 1.62 bits per heavy atom. The summed E-state index contributed by atoms with van der Waals surface area (Å²) in [5, 5.41) is 16.2. The third kappa shape index (κ3) is 5.67. The van der Waals surface area contributed by atoms with Crippen molar-refractivity contribution in [2.24, 2.45) is 0 Å². The van der Waals surface area contributed by atoms with Crippen LogP contribution in [0.4, 0.5) is 11.4 Å². The topological polar surface area (TPSA) is 89.0 Å². The molecule has 0 saturated carbocycles. The van der Waals surface area contributed by atoms with Crippen LogP contribution in [0, 0.1) is 0 Å². The standard InChI is InChI=1S/C33H36ClN5O3/c34-23-8-9-24-28(12-14-36-29(24)22-23)35-13-3-1-2-4-15-39-32(41)26-7-5-6-25-30(11-10-27(31(25)26)33(39)42)38-18-16-37(17-19-38)20-21-40/h5-12,14,22,40H,1-4,13,15-21H2,(H,35,36). The van der Waals surface area contributed by atoms with Gasteiger partial charge in [0.1, 0.15) is 0 Å². The first-order valence-corrected chi connectivity index (χ1v) is 15.2. The van der Waals surface area contributed by atoms with Crippen molar-refractivity contribution < 1.29 is 14.7 Å². The summed E-state index contributed by atoms with van der Waals surface area (Å²) in [6.07, 6.45) is 5.48. The van der Waals surface area contributed by atoms with Crippen LogP contribution in [0.1, 0.15) is 46.4 Å². The number of anilines is 2. The number of amides is 2. The fourth-order valence-electron chi connectivity index (χ4n) is 6.21. The van der Waals surface area contributed by atoms with Gasteiger partial charge in [-0.25, -0.2) is 0 Å². The average Bonchev–Trinajstić information content (AvgIpc) is 3.01. The van der Waals surface area contributed by atoms with Gasteiger partial charge in [0, 0.05) is 95.7 Å². The monoisotopic (exact) mass is 585 g/mol. The Labute approximate surface area is 250 Å². The third-order valence-electron chi connectivity index (χ3n) is 8.43. The van der Waals surface area contributed by atoms with Gasteiger partial charge in [-0.3, -0.25) is 24.4 Å². The molecule has 0 bridgehead atoms. The summed E-state index contributed by atoms with van der Waals surface area (Å²) >= 11 is 6.10. The molecule has 2 aliphatic rings. The van der Waals surface area contributed by atoms with Gasteiger partial charge < -0.3 is 15.3 Å². The molecule has 42 heavy (non-hydrogen) atoms. The first-order chi connectivity index (χ1) is 20.5. The van der Waals surface area contributed by atoms with Crippen molar-refractivity contribution >= 4 is 56.5 Å². The minimum absolute atomic E-state index is 0.166. The molecule has 0 radical (unpaired) electrons. The van der Waals surface area contributed by atoms with Gasteiger partial charge in [0.2, 0.25) is 0 Å². The van der Waals surface area contributed by atoms with Gasteiger partial charge in [0.25, 0.3) is 11.8 Å². The zero-order valence-electron chi connectivity index (χ0n) is 23.7. The highest BCUT2D eigenvalue weighted by Gasteiger charge is 2.33. The number of carbonyl (C=O) groups is 2. The minimum Gasteiger partial charge on any atom is -0.395 e. The number of halogens is 1. The lowest BCUT2D eigenvalue weighted by Crippen LogP contribution is -2.47. The number of nitrogens with one attached hydrogen (secondary N) is 1. The highest BCUT2D eigenvalue weighted by Crippen LogP contribution is 2.36. The first kappa shape index (κ1) is 28.4. The van der Waals surface area contributed by atoms with Gasteiger partial charge in [0.05, 0.1) is 12.1 Å². The van der Waals surface area contributed by atoms with E-state index in [4.69, 9.17) is 11.6 Å². The average molecular weight is 586 g/mol. The van der Waals surface area contributed by atoms with Gasteiger partial charge in [-0.05, 0) is 55.3 Å². The molecular weight excluding hydrogens is 550 g/mol.